The van der Waals surface area contributed by atoms with Gasteiger partial charge in [0.1, 0.15) is 48.9 Å². The van der Waals surface area contributed by atoms with Crippen molar-refractivity contribution in [1.82, 2.24) is 25.3 Å². The van der Waals surface area contributed by atoms with E-state index < -0.39 is 120 Å². The van der Waals surface area contributed by atoms with Gasteiger partial charge in [-0.15, -0.1) is 6.42 Å². The van der Waals surface area contributed by atoms with E-state index in [1.54, 1.807) is 63.6 Å². The smallest absolute Gasteiger partial charge is 0.410 e. The predicted molar refractivity (Wildman–Crippen MR) is 300 cm³/mol. The number of carbonyl (C=O) groups excluding carboxylic acids is 8. The van der Waals surface area contributed by atoms with E-state index >= 15 is 0 Å². The molecule has 0 radical (unpaired) electrons. The number of likely N-dealkylation sites (tertiary alicyclic amines) is 1. The summed E-state index contributed by atoms with van der Waals surface area (Å²) in [6.07, 6.45) is 2.53. The zero-order valence-corrected chi connectivity index (χ0v) is 50.1. The molecule has 22 heteroatoms. The Morgan fingerprint density at radius 1 is 0.854 bits per heavy atom. The van der Waals surface area contributed by atoms with Gasteiger partial charge in [-0.3, -0.25) is 28.9 Å². The van der Waals surface area contributed by atoms with Gasteiger partial charge in [0.15, 0.2) is 6.10 Å². The maximum atomic E-state index is 14.8. The predicted octanol–water partition coefficient (Wildman–Crippen LogP) is 5.24. The van der Waals surface area contributed by atoms with Crippen LogP contribution < -0.4 is 20.1 Å². The highest BCUT2D eigenvalue weighted by Crippen LogP contribution is 2.33. The monoisotopic (exact) mass is 1150 g/mol. The minimum absolute atomic E-state index is 0.0816. The number of nitrogens with zero attached hydrogens (tertiary/aromatic N) is 3. The fourth-order valence-corrected chi connectivity index (χ4v) is 10.7. The summed E-state index contributed by atoms with van der Waals surface area (Å²) in [6.45, 7) is 14.0. The van der Waals surface area contributed by atoms with Crippen molar-refractivity contribution in [3.05, 3.63) is 59.7 Å². The molecule has 0 aromatic heterocycles. The number of amides is 5. The van der Waals surface area contributed by atoms with Crippen molar-refractivity contribution in [2.45, 2.75) is 168 Å². The maximum Gasteiger partial charge on any atom is 0.410 e. The molecule has 4 rings (SSSR count). The van der Waals surface area contributed by atoms with E-state index in [-0.39, 0.29) is 62.2 Å². The van der Waals surface area contributed by atoms with Crippen molar-refractivity contribution in [3.63, 3.8) is 0 Å². The number of methoxy groups -OCH3 is 4. The van der Waals surface area contributed by atoms with Crippen LogP contribution in [-0.2, 0) is 79.7 Å². The molecule has 2 saturated heterocycles. The van der Waals surface area contributed by atoms with Crippen molar-refractivity contribution in [3.8, 4) is 23.8 Å². The average molecular weight is 1150 g/mol. The van der Waals surface area contributed by atoms with Crippen LogP contribution in [-0.4, -0.2) is 179 Å². The lowest BCUT2D eigenvalue weighted by Gasteiger charge is -2.41. The standard InChI is InChI=1S/C60H87N5O17/c1-16-28-78-46-30-42(81-50-32-43(80-39(9)66)31-48(82-50)59(72)77-15)26-25-41(46)34-79-60(73)64(11)52(36(5)6)56(69)62-51(35(3)4)57(70)63(10)53(37(7)17-2)47(74-12)33-49(67)65-27-21-24-45(65)54(75-13)38(8)55(68)61-44(58(71)76-14)29-40-22-19-18-20-23-40/h1,18-20,22-23,25-26,30,35-38,43-45,47-48,50-54H,17,21,24,27-29,31-34H2,2-15H3,(H,61,68)(H,62,69)/t37?,38?,43-,44?,45?,47+,48-,50+,51-,52?,53-,54?/m0/s1. The summed E-state index contributed by atoms with van der Waals surface area (Å²) in [4.78, 5) is 113. The van der Waals surface area contributed by atoms with Gasteiger partial charge in [0, 0.05) is 72.7 Å². The van der Waals surface area contributed by atoms with E-state index in [0.717, 1.165) is 10.5 Å². The third kappa shape index (κ3) is 18.5. The van der Waals surface area contributed by atoms with Crippen molar-refractivity contribution in [2.75, 3.05) is 55.7 Å². The lowest BCUT2D eigenvalue weighted by atomic mass is 9.89. The molecule has 22 nitrogen and oxygen atoms in total. The quantitative estimate of drug-likeness (QED) is 0.0600. The number of esters is 3. The molecule has 0 bridgehead atoms. The Morgan fingerprint density at radius 3 is 2.13 bits per heavy atom. The van der Waals surface area contributed by atoms with E-state index in [2.05, 4.69) is 16.6 Å². The van der Waals surface area contributed by atoms with E-state index in [1.165, 1.54) is 48.5 Å². The molecule has 2 aliphatic heterocycles. The van der Waals surface area contributed by atoms with Crippen molar-refractivity contribution >= 4 is 47.6 Å². The lowest BCUT2D eigenvalue weighted by Crippen LogP contribution is -2.60. The first-order chi connectivity index (χ1) is 38.9. The number of carbonyl (C=O) groups is 8. The molecule has 2 aromatic carbocycles. The second-order valence-electron chi connectivity index (χ2n) is 21.6. The van der Waals surface area contributed by atoms with Gasteiger partial charge in [-0.2, -0.15) is 0 Å². The first-order valence-corrected chi connectivity index (χ1v) is 27.9. The van der Waals surface area contributed by atoms with Crippen LogP contribution in [0.3, 0.4) is 0 Å². The number of hydrogen-bond donors (Lipinski definition) is 2. The Morgan fingerprint density at radius 2 is 1.55 bits per heavy atom. The van der Waals surface area contributed by atoms with Gasteiger partial charge in [0.05, 0.1) is 50.8 Å². The minimum Gasteiger partial charge on any atom is -0.480 e. The molecular weight excluding hydrogens is 1060 g/mol. The van der Waals surface area contributed by atoms with Gasteiger partial charge in [-0.1, -0.05) is 91.1 Å². The van der Waals surface area contributed by atoms with Crippen molar-refractivity contribution < 1.29 is 81.0 Å². The van der Waals surface area contributed by atoms with Crippen LogP contribution >= 0.6 is 0 Å². The number of benzene rings is 2. The third-order valence-electron chi connectivity index (χ3n) is 15.2. The van der Waals surface area contributed by atoms with Crippen LogP contribution in [0, 0.1) is 36.0 Å². The van der Waals surface area contributed by atoms with Crippen molar-refractivity contribution in [1.29, 1.82) is 0 Å². The second kappa shape index (κ2) is 32.6. The number of terminal acetylenes is 1. The first-order valence-electron chi connectivity index (χ1n) is 27.9. The summed E-state index contributed by atoms with van der Waals surface area (Å²) < 4.78 is 50.7. The molecule has 0 spiro atoms. The van der Waals surface area contributed by atoms with Crippen LogP contribution in [0.2, 0.25) is 0 Å². The summed E-state index contributed by atoms with van der Waals surface area (Å²) in [5, 5.41) is 5.78. The normalized spacial score (nSPS) is 19.8. The highest BCUT2D eigenvalue weighted by molar-refractivity contribution is 5.92. The molecule has 2 fully saturated rings. The average Bonchev–Trinajstić information content (AvgIpc) is 4.06. The topological polar surface area (TPSA) is 253 Å². The molecule has 5 amide bonds. The molecule has 6 unspecified atom stereocenters. The van der Waals surface area contributed by atoms with Gasteiger partial charge < -0.3 is 63.1 Å². The SMILES string of the molecule is C#CCOc1cc(O[C@H]2C[C@@H](OC(C)=O)C[C@@H](C(=O)OC)O2)ccc1COC(=O)N(C)C(C(=O)N[C@H](C(=O)N(C)[C@@H](C(C)CC)[C@@H](CC(=O)N1CCCC1C(OC)C(C)C(=O)NC(Cc1ccccc1)C(=O)OC)OC)C(C)C)C(C)C. The largest absolute Gasteiger partial charge is 0.480 e. The molecule has 2 aliphatic rings. The first kappa shape index (κ1) is 67.5. The van der Waals surface area contributed by atoms with Crippen LogP contribution in [0.15, 0.2) is 48.5 Å². The maximum absolute atomic E-state index is 14.8. The Labute approximate surface area is 483 Å². The third-order valence-corrected chi connectivity index (χ3v) is 15.2. The zero-order valence-electron chi connectivity index (χ0n) is 50.1. The van der Waals surface area contributed by atoms with Crippen LogP contribution in [0.1, 0.15) is 105 Å². The molecule has 2 N–H and O–H groups in total. The lowest BCUT2D eigenvalue weighted by molar-refractivity contribution is -0.204. The summed E-state index contributed by atoms with van der Waals surface area (Å²) in [6, 6.07) is 9.68. The van der Waals surface area contributed by atoms with E-state index in [1.807, 2.05) is 44.2 Å². The number of likely N-dealkylation sites (N-methyl/N-ethyl adjacent to an activating group) is 2. The minimum atomic E-state index is -1.10. The Bertz CT molecular complexity index is 2500. The second-order valence-corrected chi connectivity index (χ2v) is 21.6. The molecular formula is C60H87N5O17. The van der Waals surface area contributed by atoms with E-state index in [4.69, 9.17) is 49.1 Å². The number of rotatable bonds is 29. The Kier molecular flexibility index (Phi) is 26.9. The summed E-state index contributed by atoms with van der Waals surface area (Å²) in [5.74, 6) is -2.49. The number of nitrogens with one attached hydrogen (secondary N) is 2. The summed E-state index contributed by atoms with van der Waals surface area (Å²) in [5.41, 5.74) is 1.23. The molecule has 12 atom stereocenters. The Balaban J connectivity index is 1.46. The van der Waals surface area contributed by atoms with Crippen LogP contribution in [0.5, 0.6) is 11.5 Å². The van der Waals surface area contributed by atoms with Crippen molar-refractivity contribution in [2.24, 2.45) is 23.7 Å². The van der Waals surface area contributed by atoms with Gasteiger partial charge in [0.2, 0.25) is 29.9 Å². The van der Waals surface area contributed by atoms with E-state index in [0.29, 0.717) is 31.4 Å². The van der Waals surface area contributed by atoms with E-state index in [9.17, 15) is 38.4 Å². The van der Waals surface area contributed by atoms with Gasteiger partial charge >= 0.3 is 24.0 Å². The fourth-order valence-electron chi connectivity index (χ4n) is 10.7. The zero-order chi connectivity index (χ0) is 61.0. The van der Waals surface area contributed by atoms with Gasteiger partial charge in [-0.05, 0) is 48.3 Å². The molecule has 0 aliphatic carbocycles. The highest BCUT2D eigenvalue weighted by Gasteiger charge is 2.44. The van der Waals surface area contributed by atoms with Gasteiger partial charge in [0.25, 0.3) is 0 Å². The number of hydrogen-bond acceptors (Lipinski definition) is 17. The van der Waals surface area contributed by atoms with Gasteiger partial charge in [-0.25, -0.2) is 14.4 Å². The molecule has 2 aromatic rings. The molecule has 0 saturated carbocycles. The van der Waals surface area contributed by atoms with Crippen LogP contribution in [0.4, 0.5) is 4.79 Å². The number of ether oxygens (including phenoxy) is 9. The van der Waals surface area contributed by atoms with Crippen LogP contribution in [0.25, 0.3) is 0 Å². The Hall–Kier alpha value is -6.96. The molecule has 82 heavy (non-hydrogen) atoms. The molecule has 2 heterocycles. The highest BCUT2D eigenvalue weighted by atomic mass is 16.7. The summed E-state index contributed by atoms with van der Waals surface area (Å²) >= 11 is 0. The fraction of sp³-hybridized carbons (Fsp3) is 0.633. The molecule has 454 valence electrons. The summed E-state index contributed by atoms with van der Waals surface area (Å²) in [7, 11) is 8.52.